The van der Waals surface area contributed by atoms with E-state index in [1.54, 1.807) is 28.8 Å². The number of ether oxygens (including phenoxy) is 2. The van der Waals surface area contributed by atoms with Crippen LogP contribution in [0.2, 0.25) is 0 Å². The number of hydrogen-bond donors (Lipinski definition) is 0. The molecule has 0 saturated carbocycles. The Labute approximate surface area is 187 Å². The van der Waals surface area contributed by atoms with Crippen LogP contribution in [0.5, 0.6) is 11.5 Å². The van der Waals surface area contributed by atoms with Gasteiger partial charge in [-0.1, -0.05) is 30.3 Å². The molecule has 0 amide bonds. The first-order valence-corrected chi connectivity index (χ1v) is 10.3. The highest BCUT2D eigenvalue weighted by atomic mass is 16.5. The fourth-order valence-corrected chi connectivity index (χ4v) is 3.65. The lowest BCUT2D eigenvalue weighted by molar-refractivity contribution is 0.257. The molecule has 0 fully saturated rings. The zero-order valence-electron chi connectivity index (χ0n) is 17.6. The van der Waals surface area contributed by atoms with Gasteiger partial charge in [0.2, 0.25) is 5.82 Å². The van der Waals surface area contributed by atoms with Crippen LogP contribution in [0.3, 0.4) is 0 Å². The van der Waals surface area contributed by atoms with Crippen molar-refractivity contribution in [1.82, 2.24) is 29.4 Å². The van der Waals surface area contributed by atoms with E-state index in [1.165, 1.54) is 0 Å². The van der Waals surface area contributed by atoms with Crippen molar-refractivity contribution in [2.24, 2.45) is 0 Å². The summed E-state index contributed by atoms with van der Waals surface area (Å²) in [6.07, 6.45) is 3.38. The van der Waals surface area contributed by atoms with Gasteiger partial charge in [-0.15, -0.1) is 5.10 Å². The molecule has 0 aliphatic carbocycles. The van der Waals surface area contributed by atoms with E-state index in [0.29, 0.717) is 40.1 Å². The molecule has 0 N–H and O–H groups in total. The Balaban J connectivity index is 1.30. The molecular weight excluding hydrogens is 420 g/mol. The summed E-state index contributed by atoms with van der Waals surface area (Å²) in [6, 6.07) is 21.0. The van der Waals surface area contributed by atoms with Crippen LogP contribution in [-0.4, -0.2) is 36.5 Å². The quantitative estimate of drug-likeness (QED) is 0.383. The second-order valence-corrected chi connectivity index (χ2v) is 7.28. The molecular formula is C24H18N6O3. The Morgan fingerprint density at radius 2 is 1.73 bits per heavy atom. The molecule has 6 rings (SSSR count). The Morgan fingerprint density at radius 1 is 0.909 bits per heavy atom. The van der Waals surface area contributed by atoms with Crippen LogP contribution in [0, 0.1) is 0 Å². The molecule has 4 aromatic heterocycles. The highest BCUT2D eigenvalue weighted by Gasteiger charge is 2.16. The number of hydrogen-bond acceptors (Lipinski definition) is 7. The molecule has 0 aliphatic rings. The summed E-state index contributed by atoms with van der Waals surface area (Å²) in [5.74, 6) is 2.96. The molecule has 162 valence electrons. The summed E-state index contributed by atoms with van der Waals surface area (Å²) in [7, 11) is 1.61. The molecule has 4 heterocycles. The second kappa shape index (κ2) is 7.79. The number of methoxy groups -OCH3 is 1. The highest BCUT2D eigenvalue weighted by Crippen LogP contribution is 2.28. The first-order chi connectivity index (χ1) is 16.3. The number of furan rings is 1. The zero-order chi connectivity index (χ0) is 22.2. The van der Waals surface area contributed by atoms with Crippen LogP contribution in [-0.2, 0) is 6.61 Å². The van der Waals surface area contributed by atoms with E-state index in [1.807, 2.05) is 66.7 Å². The normalized spacial score (nSPS) is 11.3. The zero-order valence-corrected chi connectivity index (χ0v) is 17.6. The van der Waals surface area contributed by atoms with E-state index in [0.717, 1.165) is 11.1 Å². The second-order valence-electron chi connectivity index (χ2n) is 7.28. The van der Waals surface area contributed by atoms with Gasteiger partial charge in [-0.05, 0) is 36.4 Å². The molecule has 0 unspecified atom stereocenters. The lowest BCUT2D eigenvalue weighted by atomic mass is 10.3. The van der Waals surface area contributed by atoms with Gasteiger partial charge in [-0.3, -0.25) is 0 Å². The van der Waals surface area contributed by atoms with E-state index < -0.39 is 0 Å². The van der Waals surface area contributed by atoms with Crippen molar-refractivity contribution >= 4 is 16.7 Å². The number of fused-ring (bicyclic) bond motifs is 3. The number of aromatic nitrogens is 6. The molecule has 2 aromatic carbocycles. The molecule has 0 atom stereocenters. The fourth-order valence-electron chi connectivity index (χ4n) is 3.65. The van der Waals surface area contributed by atoms with E-state index >= 15 is 0 Å². The Morgan fingerprint density at radius 3 is 2.58 bits per heavy atom. The predicted molar refractivity (Wildman–Crippen MR) is 120 cm³/mol. The van der Waals surface area contributed by atoms with Crippen LogP contribution in [0.1, 0.15) is 5.76 Å². The summed E-state index contributed by atoms with van der Waals surface area (Å²) in [4.78, 5) is 9.22. The van der Waals surface area contributed by atoms with Crippen LogP contribution >= 0.6 is 0 Å². The third kappa shape index (κ3) is 3.35. The summed E-state index contributed by atoms with van der Waals surface area (Å²) in [5.41, 5.74) is 2.29. The largest absolute Gasteiger partial charge is 0.493 e. The molecule has 9 nitrogen and oxygen atoms in total. The topological polar surface area (TPSA) is 92.5 Å². The van der Waals surface area contributed by atoms with Crippen molar-refractivity contribution in [2.75, 3.05) is 7.11 Å². The molecule has 0 saturated heterocycles. The SMILES string of the molecule is COc1ccccc1OCc1ccc(-c2nc3c4cnn(-c5ccccc5)c4ncn3n2)o1. The van der Waals surface area contributed by atoms with Crippen molar-refractivity contribution in [3.8, 4) is 28.8 Å². The summed E-state index contributed by atoms with van der Waals surface area (Å²) in [5, 5.41) is 9.82. The molecule has 33 heavy (non-hydrogen) atoms. The van der Waals surface area contributed by atoms with Gasteiger partial charge in [0.25, 0.3) is 0 Å². The van der Waals surface area contributed by atoms with Crippen LogP contribution < -0.4 is 9.47 Å². The molecule has 9 heteroatoms. The maximum Gasteiger partial charge on any atom is 0.217 e. The number of benzene rings is 2. The van der Waals surface area contributed by atoms with Crippen molar-refractivity contribution < 1.29 is 13.9 Å². The average Bonchev–Trinajstić information content (AvgIpc) is 3.60. The predicted octanol–water partition coefficient (Wildman–Crippen LogP) is 4.31. The minimum Gasteiger partial charge on any atom is -0.493 e. The summed E-state index contributed by atoms with van der Waals surface area (Å²) < 4.78 is 20.5. The molecule has 0 aliphatic heterocycles. The van der Waals surface area contributed by atoms with Gasteiger partial charge in [-0.2, -0.15) is 5.10 Å². The fraction of sp³-hybridized carbons (Fsp3) is 0.0833. The van der Waals surface area contributed by atoms with Crippen LogP contribution in [0.25, 0.3) is 34.0 Å². The van der Waals surface area contributed by atoms with Gasteiger partial charge in [-0.25, -0.2) is 19.2 Å². The molecule has 0 spiro atoms. The maximum absolute atomic E-state index is 5.94. The van der Waals surface area contributed by atoms with E-state index in [4.69, 9.17) is 13.9 Å². The van der Waals surface area contributed by atoms with Crippen LogP contribution in [0.15, 0.2) is 83.7 Å². The van der Waals surface area contributed by atoms with Crippen molar-refractivity contribution in [3.05, 3.63) is 85.0 Å². The number of rotatable bonds is 6. The molecule has 6 aromatic rings. The lowest BCUT2D eigenvalue weighted by Gasteiger charge is -2.08. The Hall–Kier alpha value is -4.66. The third-order valence-electron chi connectivity index (χ3n) is 5.23. The number of para-hydroxylation sites is 3. The minimum atomic E-state index is 0.253. The van der Waals surface area contributed by atoms with Crippen LogP contribution in [0.4, 0.5) is 0 Å². The Bertz CT molecular complexity index is 1570. The smallest absolute Gasteiger partial charge is 0.217 e. The van der Waals surface area contributed by atoms with Crippen molar-refractivity contribution in [1.29, 1.82) is 0 Å². The van der Waals surface area contributed by atoms with Crippen molar-refractivity contribution in [2.45, 2.75) is 6.61 Å². The molecule has 0 radical (unpaired) electrons. The Kier molecular flexibility index (Phi) is 4.50. The maximum atomic E-state index is 5.94. The number of nitrogens with zero attached hydrogens (tertiary/aromatic N) is 6. The summed E-state index contributed by atoms with van der Waals surface area (Å²) >= 11 is 0. The van der Waals surface area contributed by atoms with Gasteiger partial charge in [0.05, 0.1) is 24.4 Å². The average molecular weight is 438 g/mol. The van der Waals surface area contributed by atoms with E-state index in [-0.39, 0.29) is 6.61 Å². The standard InChI is InChI=1S/C24H18N6O3/c1-31-19-9-5-6-10-20(19)32-14-17-11-12-21(33-17)22-27-24-18-13-26-30(16-7-3-2-4-8-16)23(18)25-15-29(24)28-22/h2-13,15H,14H2,1H3. The summed E-state index contributed by atoms with van der Waals surface area (Å²) in [6.45, 7) is 0.253. The van der Waals surface area contributed by atoms with Gasteiger partial charge < -0.3 is 13.9 Å². The van der Waals surface area contributed by atoms with Gasteiger partial charge >= 0.3 is 0 Å². The lowest BCUT2D eigenvalue weighted by Crippen LogP contribution is -1.98. The first kappa shape index (κ1) is 19.1. The minimum absolute atomic E-state index is 0.253. The first-order valence-electron chi connectivity index (χ1n) is 10.3. The van der Waals surface area contributed by atoms with Gasteiger partial charge in [0.1, 0.15) is 18.7 Å². The van der Waals surface area contributed by atoms with E-state index in [2.05, 4.69) is 20.2 Å². The van der Waals surface area contributed by atoms with E-state index in [9.17, 15) is 0 Å². The monoisotopic (exact) mass is 438 g/mol. The van der Waals surface area contributed by atoms with Gasteiger partial charge in [0.15, 0.2) is 28.6 Å². The molecule has 0 bridgehead atoms. The van der Waals surface area contributed by atoms with Gasteiger partial charge in [0, 0.05) is 0 Å². The third-order valence-corrected chi connectivity index (χ3v) is 5.23. The van der Waals surface area contributed by atoms with Crippen molar-refractivity contribution in [3.63, 3.8) is 0 Å². The highest BCUT2D eigenvalue weighted by molar-refractivity contribution is 5.89.